The highest BCUT2D eigenvalue weighted by Gasteiger charge is 2.23. The number of hydrogen-bond donors (Lipinski definition) is 1. The van der Waals surface area contributed by atoms with Crippen LogP contribution in [0, 0.1) is 5.92 Å². The van der Waals surface area contributed by atoms with Crippen molar-refractivity contribution in [3.05, 3.63) is 53.1 Å². The number of halogens is 1. The van der Waals surface area contributed by atoms with Crippen molar-refractivity contribution in [1.29, 1.82) is 0 Å². The van der Waals surface area contributed by atoms with Crippen LogP contribution in [0.2, 0.25) is 5.02 Å². The molecule has 0 fully saturated rings. The average molecular weight is 235 g/mol. The minimum Gasteiger partial charge on any atom is -0.392 e. The number of benzene rings is 1. The molecule has 0 radical (unpaired) electrons. The zero-order valence-electron chi connectivity index (χ0n) is 9.28. The van der Waals surface area contributed by atoms with E-state index in [1.807, 2.05) is 31.2 Å². The van der Waals surface area contributed by atoms with Gasteiger partial charge in [-0.15, -0.1) is 0 Å². The molecule has 0 unspecified atom stereocenters. The molecule has 0 heterocycles. The molecule has 2 rings (SSSR count). The summed E-state index contributed by atoms with van der Waals surface area (Å²) in [4.78, 5) is 0. The molecule has 1 N–H and O–H groups in total. The number of aliphatic hydroxyl groups excluding tert-OH is 1. The fourth-order valence-electron chi connectivity index (χ4n) is 1.97. The molecule has 84 valence electrons. The van der Waals surface area contributed by atoms with Gasteiger partial charge in [0.05, 0.1) is 6.10 Å². The van der Waals surface area contributed by atoms with Gasteiger partial charge in [0.15, 0.2) is 0 Å². The summed E-state index contributed by atoms with van der Waals surface area (Å²) in [5.41, 5.74) is 3.19. The van der Waals surface area contributed by atoms with Crippen molar-refractivity contribution < 1.29 is 5.11 Å². The highest BCUT2D eigenvalue weighted by atomic mass is 35.5. The number of rotatable bonds is 2. The van der Waals surface area contributed by atoms with Gasteiger partial charge in [-0.05, 0) is 35.3 Å². The summed E-state index contributed by atoms with van der Waals surface area (Å²) in [6, 6.07) is 7.64. The normalized spacial score (nSPS) is 24.3. The first-order valence-electron chi connectivity index (χ1n) is 5.42. The highest BCUT2D eigenvalue weighted by Crippen LogP contribution is 2.33. The van der Waals surface area contributed by atoms with Crippen LogP contribution >= 0.6 is 11.6 Å². The van der Waals surface area contributed by atoms with E-state index in [-0.39, 0.29) is 12.0 Å². The fraction of sp³-hybridized carbons (Fsp3) is 0.286. The fourth-order valence-corrected chi connectivity index (χ4v) is 2.09. The molecule has 0 aliphatic heterocycles. The molecule has 1 aromatic carbocycles. The Morgan fingerprint density at radius 3 is 2.50 bits per heavy atom. The second kappa shape index (κ2) is 4.44. The van der Waals surface area contributed by atoms with Crippen LogP contribution in [0.4, 0.5) is 0 Å². The summed E-state index contributed by atoms with van der Waals surface area (Å²) in [7, 11) is 0. The van der Waals surface area contributed by atoms with Crippen LogP contribution in [0.1, 0.15) is 18.9 Å². The lowest BCUT2D eigenvalue weighted by Gasteiger charge is -2.08. The van der Waals surface area contributed by atoms with E-state index in [9.17, 15) is 5.11 Å². The second-order valence-electron chi connectivity index (χ2n) is 4.31. The molecule has 0 spiro atoms. The van der Waals surface area contributed by atoms with Crippen LogP contribution in [0.15, 0.2) is 42.5 Å². The predicted molar refractivity (Wildman–Crippen MR) is 68.4 cm³/mol. The summed E-state index contributed by atoms with van der Waals surface area (Å²) in [5.74, 6) is 0.221. The molecular weight excluding hydrogens is 220 g/mol. The minimum absolute atomic E-state index is 0.221. The van der Waals surface area contributed by atoms with Crippen LogP contribution in [0.3, 0.4) is 0 Å². The van der Waals surface area contributed by atoms with E-state index in [0.717, 1.165) is 21.7 Å². The summed E-state index contributed by atoms with van der Waals surface area (Å²) < 4.78 is 0. The van der Waals surface area contributed by atoms with Crippen LogP contribution < -0.4 is 0 Å². The van der Waals surface area contributed by atoms with Gasteiger partial charge in [-0.25, -0.2) is 0 Å². The van der Waals surface area contributed by atoms with Crippen molar-refractivity contribution in [2.45, 2.75) is 19.4 Å². The van der Waals surface area contributed by atoms with Gasteiger partial charge >= 0.3 is 0 Å². The first-order chi connectivity index (χ1) is 7.58. The largest absolute Gasteiger partial charge is 0.392 e. The lowest BCUT2D eigenvalue weighted by molar-refractivity contribution is 0.150. The first-order valence-corrected chi connectivity index (χ1v) is 5.79. The third kappa shape index (κ3) is 2.21. The minimum atomic E-state index is -0.265. The quantitative estimate of drug-likeness (QED) is 0.828. The Kier molecular flexibility index (Phi) is 3.17. The summed E-state index contributed by atoms with van der Waals surface area (Å²) >= 11 is 5.84. The van der Waals surface area contributed by atoms with Gasteiger partial charge < -0.3 is 5.11 Å². The molecule has 16 heavy (non-hydrogen) atoms. The van der Waals surface area contributed by atoms with Crippen molar-refractivity contribution in [2.75, 3.05) is 0 Å². The molecule has 2 atom stereocenters. The monoisotopic (exact) mass is 234 g/mol. The SMILES string of the molecule is C=C(C1=C[C@H](C)[C@@H](O)C1)c1ccc(Cl)cc1. The molecule has 1 aliphatic carbocycles. The molecular formula is C14H15ClO. The maximum Gasteiger partial charge on any atom is 0.0640 e. The van der Waals surface area contributed by atoms with Crippen molar-refractivity contribution in [3.63, 3.8) is 0 Å². The maximum atomic E-state index is 9.69. The van der Waals surface area contributed by atoms with Gasteiger partial charge in [0.25, 0.3) is 0 Å². The standard InChI is InChI=1S/C14H15ClO/c1-9-7-12(8-14(9)16)10(2)11-3-5-13(15)6-4-11/h3-7,9,14,16H,2,8H2,1H3/t9-,14-/m0/s1. The second-order valence-corrected chi connectivity index (χ2v) is 4.74. The zero-order valence-corrected chi connectivity index (χ0v) is 10.0. The van der Waals surface area contributed by atoms with Gasteiger partial charge in [0.1, 0.15) is 0 Å². The van der Waals surface area contributed by atoms with E-state index in [1.165, 1.54) is 0 Å². The van der Waals surface area contributed by atoms with Gasteiger partial charge in [-0.1, -0.05) is 43.3 Å². The van der Waals surface area contributed by atoms with Gasteiger partial charge in [0, 0.05) is 10.9 Å². The summed E-state index contributed by atoms with van der Waals surface area (Å²) in [6.07, 6.45) is 2.53. The van der Waals surface area contributed by atoms with Crippen LogP contribution in [0.5, 0.6) is 0 Å². The molecule has 0 saturated heterocycles. The van der Waals surface area contributed by atoms with E-state index in [4.69, 9.17) is 11.6 Å². The Morgan fingerprint density at radius 2 is 2.00 bits per heavy atom. The molecule has 1 aliphatic rings. The number of aliphatic hydroxyl groups is 1. The smallest absolute Gasteiger partial charge is 0.0640 e. The Morgan fingerprint density at radius 1 is 1.38 bits per heavy atom. The summed E-state index contributed by atoms with van der Waals surface area (Å²) in [5, 5.41) is 10.4. The van der Waals surface area contributed by atoms with Crippen molar-refractivity contribution in [1.82, 2.24) is 0 Å². The Hall–Kier alpha value is -1.05. The molecule has 0 aromatic heterocycles. The topological polar surface area (TPSA) is 20.2 Å². The lowest BCUT2D eigenvalue weighted by atomic mass is 9.99. The average Bonchev–Trinajstić information content (AvgIpc) is 2.59. The zero-order chi connectivity index (χ0) is 11.7. The first kappa shape index (κ1) is 11.4. The molecule has 0 saturated carbocycles. The van der Waals surface area contributed by atoms with Crippen LogP contribution in [-0.2, 0) is 0 Å². The molecule has 2 heteroatoms. The Labute approximate surface area is 101 Å². The molecule has 1 aromatic rings. The van der Waals surface area contributed by atoms with Crippen molar-refractivity contribution in [2.24, 2.45) is 5.92 Å². The van der Waals surface area contributed by atoms with Crippen molar-refractivity contribution >= 4 is 17.2 Å². The predicted octanol–water partition coefficient (Wildman–Crippen LogP) is 3.68. The van der Waals surface area contributed by atoms with E-state index < -0.39 is 0 Å². The molecule has 0 bridgehead atoms. The third-order valence-corrected chi connectivity index (χ3v) is 3.33. The van der Waals surface area contributed by atoms with Crippen LogP contribution in [-0.4, -0.2) is 11.2 Å². The maximum absolute atomic E-state index is 9.69. The van der Waals surface area contributed by atoms with Crippen molar-refractivity contribution in [3.8, 4) is 0 Å². The van der Waals surface area contributed by atoms with Gasteiger partial charge in [0.2, 0.25) is 0 Å². The number of allylic oxidation sites excluding steroid dienone is 1. The summed E-state index contributed by atoms with van der Waals surface area (Å²) in [6.45, 7) is 6.10. The third-order valence-electron chi connectivity index (χ3n) is 3.08. The Bertz CT molecular complexity index is 431. The highest BCUT2D eigenvalue weighted by molar-refractivity contribution is 6.30. The Balaban J connectivity index is 2.21. The molecule has 0 amide bonds. The number of hydrogen-bond acceptors (Lipinski definition) is 1. The van der Waals surface area contributed by atoms with Crippen LogP contribution in [0.25, 0.3) is 5.57 Å². The van der Waals surface area contributed by atoms with Gasteiger partial charge in [-0.3, -0.25) is 0 Å². The molecule has 1 nitrogen and oxygen atoms in total. The van der Waals surface area contributed by atoms with E-state index in [0.29, 0.717) is 6.42 Å². The van der Waals surface area contributed by atoms with E-state index in [2.05, 4.69) is 12.7 Å². The lowest BCUT2D eigenvalue weighted by Crippen LogP contribution is -2.09. The van der Waals surface area contributed by atoms with E-state index >= 15 is 0 Å². The van der Waals surface area contributed by atoms with Gasteiger partial charge in [-0.2, -0.15) is 0 Å². The van der Waals surface area contributed by atoms with E-state index in [1.54, 1.807) is 0 Å².